The summed E-state index contributed by atoms with van der Waals surface area (Å²) in [6, 6.07) is 10.5. The molecule has 1 aromatic carbocycles. The molecule has 1 fully saturated rings. The number of carbonyl (C=O) groups excluding carboxylic acids is 1. The minimum absolute atomic E-state index is 0.0474. The van der Waals surface area contributed by atoms with Crippen molar-refractivity contribution in [3.8, 4) is 5.13 Å². The van der Waals surface area contributed by atoms with Gasteiger partial charge in [0.05, 0.1) is 5.56 Å². The predicted octanol–water partition coefficient (Wildman–Crippen LogP) is 3.62. The van der Waals surface area contributed by atoms with Crippen LogP contribution in [0.15, 0.2) is 41.9 Å². The molecule has 0 spiro atoms. The number of rotatable bonds is 7. The molecule has 3 heterocycles. The van der Waals surface area contributed by atoms with Crippen LogP contribution in [0, 0.1) is 13.8 Å². The number of likely N-dealkylation sites (N-methyl/N-ethyl adjacent to an activating group) is 1. The van der Waals surface area contributed by atoms with Crippen molar-refractivity contribution in [2.24, 2.45) is 0 Å². The molecule has 164 valence electrons. The van der Waals surface area contributed by atoms with E-state index in [-0.39, 0.29) is 5.91 Å². The highest BCUT2D eigenvalue weighted by molar-refractivity contribution is 7.12. The summed E-state index contributed by atoms with van der Waals surface area (Å²) >= 11 is 1.57. The predicted molar refractivity (Wildman–Crippen MR) is 126 cm³/mol. The van der Waals surface area contributed by atoms with Gasteiger partial charge in [-0.1, -0.05) is 31.2 Å². The molecule has 0 radical (unpaired) electrons. The number of piperazine rings is 1. The number of aromatic nitrogens is 2. The number of benzene rings is 1. The second-order valence-corrected chi connectivity index (χ2v) is 9.02. The third-order valence-corrected chi connectivity index (χ3v) is 6.84. The van der Waals surface area contributed by atoms with Crippen molar-refractivity contribution in [3.63, 3.8) is 0 Å². The van der Waals surface area contributed by atoms with Crippen molar-refractivity contribution in [2.75, 3.05) is 32.7 Å². The Morgan fingerprint density at radius 3 is 2.39 bits per heavy atom. The Kier molecular flexibility index (Phi) is 6.85. The molecule has 0 bridgehead atoms. The molecule has 1 aliphatic heterocycles. The molecule has 0 saturated carbocycles. The second-order valence-electron chi connectivity index (χ2n) is 8.14. The first-order chi connectivity index (χ1) is 15.0. The number of aryl methyl sites for hydroxylation is 1. The molecular formula is C24H31N5OS. The van der Waals surface area contributed by atoms with E-state index in [9.17, 15) is 4.79 Å². The number of hydrogen-bond donors (Lipinski definition) is 1. The Morgan fingerprint density at radius 1 is 1.06 bits per heavy atom. The summed E-state index contributed by atoms with van der Waals surface area (Å²) < 4.78 is 2.04. The number of hydrogen-bond acceptors (Lipinski definition) is 5. The van der Waals surface area contributed by atoms with Gasteiger partial charge in [0.15, 0.2) is 5.13 Å². The lowest BCUT2D eigenvalue weighted by molar-refractivity contribution is 0.0950. The van der Waals surface area contributed by atoms with Gasteiger partial charge >= 0.3 is 0 Å². The molecule has 2 aromatic heterocycles. The monoisotopic (exact) mass is 437 g/mol. The largest absolute Gasteiger partial charge is 0.348 e. The summed E-state index contributed by atoms with van der Waals surface area (Å²) in [7, 11) is 0. The summed E-state index contributed by atoms with van der Waals surface area (Å²) in [4.78, 5) is 22.2. The van der Waals surface area contributed by atoms with Crippen LogP contribution >= 0.6 is 11.3 Å². The number of nitrogens with one attached hydrogen (secondary N) is 1. The van der Waals surface area contributed by atoms with E-state index in [0.29, 0.717) is 12.1 Å². The molecule has 1 aliphatic rings. The quantitative estimate of drug-likeness (QED) is 0.613. The van der Waals surface area contributed by atoms with Gasteiger partial charge in [0.2, 0.25) is 0 Å². The van der Waals surface area contributed by atoms with Crippen LogP contribution in [0.4, 0.5) is 0 Å². The van der Waals surface area contributed by atoms with Crippen LogP contribution in [0.1, 0.15) is 39.8 Å². The fourth-order valence-electron chi connectivity index (χ4n) is 4.18. The molecule has 1 amide bonds. The minimum Gasteiger partial charge on any atom is -0.348 e. The fourth-order valence-corrected chi connectivity index (χ4v) is 4.93. The zero-order chi connectivity index (χ0) is 21.8. The van der Waals surface area contributed by atoms with E-state index < -0.39 is 0 Å². The van der Waals surface area contributed by atoms with Crippen molar-refractivity contribution >= 4 is 17.2 Å². The van der Waals surface area contributed by atoms with E-state index in [1.54, 1.807) is 17.5 Å². The van der Waals surface area contributed by atoms with Gasteiger partial charge < -0.3 is 10.2 Å². The third kappa shape index (κ3) is 5.06. The highest BCUT2D eigenvalue weighted by atomic mass is 32.1. The summed E-state index contributed by atoms with van der Waals surface area (Å²) in [5.41, 5.74) is 5.08. The van der Waals surface area contributed by atoms with Gasteiger partial charge in [-0.05, 0) is 37.6 Å². The lowest BCUT2D eigenvalue weighted by Crippen LogP contribution is -2.45. The standard InChI is InChI=1S/C24H31N5OS/c1-4-27-10-12-28(13-11-27)17-21-7-5-20(6-8-21)16-26-23(30)22-15-18(2)29(19(22)3)24-25-9-14-31-24/h5-9,14-15H,4,10-13,16-17H2,1-3H3,(H,26,30). The van der Waals surface area contributed by atoms with Crippen LogP contribution in [0.25, 0.3) is 5.13 Å². The molecule has 0 atom stereocenters. The lowest BCUT2D eigenvalue weighted by atomic mass is 10.1. The zero-order valence-electron chi connectivity index (χ0n) is 18.6. The molecule has 3 aromatic rings. The van der Waals surface area contributed by atoms with E-state index in [1.807, 2.05) is 29.9 Å². The third-order valence-electron chi connectivity index (χ3n) is 6.08. The average molecular weight is 438 g/mol. The van der Waals surface area contributed by atoms with Crippen LogP contribution in [-0.4, -0.2) is 58.0 Å². The number of thiazole rings is 1. The summed E-state index contributed by atoms with van der Waals surface area (Å²) in [6.07, 6.45) is 1.79. The number of amides is 1. The number of nitrogens with zero attached hydrogens (tertiary/aromatic N) is 4. The highest BCUT2D eigenvalue weighted by Gasteiger charge is 2.18. The van der Waals surface area contributed by atoms with E-state index in [1.165, 1.54) is 5.56 Å². The number of carbonyl (C=O) groups is 1. The topological polar surface area (TPSA) is 53.4 Å². The molecular weight excluding hydrogens is 406 g/mol. The molecule has 31 heavy (non-hydrogen) atoms. The smallest absolute Gasteiger partial charge is 0.253 e. The molecule has 1 N–H and O–H groups in total. The van der Waals surface area contributed by atoms with E-state index in [0.717, 1.165) is 61.4 Å². The van der Waals surface area contributed by atoms with Crippen LogP contribution < -0.4 is 5.32 Å². The summed E-state index contributed by atoms with van der Waals surface area (Å²) in [5.74, 6) is -0.0474. The first-order valence-electron chi connectivity index (χ1n) is 10.9. The SMILES string of the molecule is CCN1CCN(Cc2ccc(CNC(=O)c3cc(C)n(-c4nccs4)c3C)cc2)CC1. The Hall–Kier alpha value is -2.48. The molecule has 0 aliphatic carbocycles. The van der Waals surface area contributed by atoms with E-state index in [4.69, 9.17) is 0 Å². The van der Waals surface area contributed by atoms with Gasteiger partial charge in [0, 0.05) is 62.2 Å². The molecule has 7 heteroatoms. The van der Waals surface area contributed by atoms with Gasteiger partial charge in [-0.3, -0.25) is 14.3 Å². The van der Waals surface area contributed by atoms with Gasteiger partial charge in [0.25, 0.3) is 5.91 Å². The maximum atomic E-state index is 12.8. The van der Waals surface area contributed by atoms with Gasteiger partial charge in [-0.15, -0.1) is 11.3 Å². The van der Waals surface area contributed by atoms with Crippen LogP contribution in [-0.2, 0) is 13.1 Å². The Morgan fingerprint density at radius 2 is 1.74 bits per heavy atom. The molecule has 6 nitrogen and oxygen atoms in total. The first kappa shape index (κ1) is 21.7. The highest BCUT2D eigenvalue weighted by Crippen LogP contribution is 2.22. The van der Waals surface area contributed by atoms with E-state index in [2.05, 4.69) is 51.3 Å². The Labute approximate surface area is 188 Å². The Bertz CT molecular complexity index is 1000. The summed E-state index contributed by atoms with van der Waals surface area (Å²) in [6.45, 7) is 13.4. The second kappa shape index (κ2) is 9.77. The van der Waals surface area contributed by atoms with Gasteiger partial charge in [-0.2, -0.15) is 0 Å². The average Bonchev–Trinajstić information content (AvgIpc) is 3.41. The van der Waals surface area contributed by atoms with Crippen molar-refractivity contribution in [2.45, 2.75) is 33.9 Å². The molecule has 0 unspecified atom stereocenters. The summed E-state index contributed by atoms with van der Waals surface area (Å²) in [5, 5.41) is 5.91. The van der Waals surface area contributed by atoms with E-state index >= 15 is 0 Å². The maximum Gasteiger partial charge on any atom is 0.253 e. The van der Waals surface area contributed by atoms with Crippen molar-refractivity contribution in [3.05, 3.63) is 70.0 Å². The van der Waals surface area contributed by atoms with Crippen LogP contribution in [0.2, 0.25) is 0 Å². The minimum atomic E-state index is -0.0474. The molecule has 4 rings (SSSR count). The first-order valence-corrected chi connectivity index (χ1v) is 11.8. The van der Waals surface area contributed by atoms with Gasteiger partial charge in [0.1, 0.15) is 0 Å². The lowest BCUT2D eigenvalue weighted by Gasteiger charge is -2.34. The molecule has 1 saturated heterocycles. The fraction of sp³-hybridized carbons (Fsp3) is 0.417. The normalized spacial score (nSPS) is 15.3. The van der Waals surface area contributed by atoms with Crippen molar-refractivity contribution in [1.82, 2.24) is 24.7 Å². The van der Waals surface area contributed by atoms with Crippen molar-refractivity contribution < 1.29 is 4.79 Å². The Balaban J connectivity index is 1.32. The van der Waals surface area contributed by atoms with Gasteiger partial charge in [-0.25, -0.2) is 4.98 Å². The zero-order valence-corrected chi connectivity index (χ0v) is 19.4. The van der Waals surface area contributed by atoms with Crippen LogP contribution in [0.3, 0.4) is 0 Å². The van der Waals surface area contributed by atoms with Crippen LogP contribution in [0.5, 0.6) is 0 Å². The maximum absolute atomic E-state index is 12.8. The van der Waals surface area contributed by atoms with Crippen molar-refractivity contribution in [1.29, 1.82) is 0 Å².